The van der Waals surface area contributed by atoms with Gasteiger partial charge >= 0.3 is 11.9 Å². The van der Waals surface area contributed by atoms with Crippen LogP contribution >= 0.6 is 0 Å². The maximum absolute atomic E-state index is 12.1. The van der Waals surface area contributed by atoms with Crippen LogP contribution in [0.15, 0.2) is 0 Å². The molecule has 0 heterocycles. The molecule has 14 atom stereocenters. The molecule has 0 aromatic carbocycles. The molecule has 0 aliphatic heterocycles. The molecule has 4 heteroatoms. The van der Waals surface area contributed by atoms with Crippen LogP contribution in [0.4, 0.5) is 0 Å². The fourth-order valence-electron chi connectivity index (χ4n) is 10.6. The van der Waals surface area contributed by atoms with Gasteiger partial charge in [0.1, 0.15) is 0 Å². The average molecular weight is 531 g/mol. The van der Waals surface area contributed by atoms with Gasteiger partial charge in [-0.2, -0.15) is 0 Å². The zero-order chi connectivity index (χ0) is 27.7. The van der Waals surface area contributed by atoms with Crippen molar-refractivity contribution >= 4 is 11.9 Å². The second-order valence-electron chi connectivity index (χ2n) is 14.9. The topological polar surface area (TPSA) is 52.6 Å². The van der Waals surface area contributed by atoms with Gasteiger partial charge in [0.15, 0.2) is 0 Å². The fourth-order valence-corrected chi connectivity index (χ4v) is 10.6. The summed E-state index contributed by atoms with van der Waals surface area (Å²) in [6.07, 6.45) is 12.0. The maximum Gasteiger partial charge on any atom is 0.308 e. The zero-order valence-electron chi connectivity index (χ0n) is 25.8. The normalized spacial score (nSPS) is 48.2. The second kappa shape index (κ2) is 12.6. The lowest BCUT2D eigenvalue weighted by Gasteiger charge is -2.52. The zero-order valence-corrected chi connectivity index (χ0v) is 25.8. The van der Waals surface area contributed by atoms with E-state index >= 15 is 0 Å². The summed E-state index contributed by atoms with van der Waals surface area (Å²) in [5, 5.41) is 0. The van der Waals surface area contributed by atoms with E-state index in [1.807, 2.05) is 0 Å². The molecule has 4 nitrogen and oxygen atoms in total. The highest BCUT2D eigenvalue weighted by Crippen LogP contribution is 2.55. The Bertz CT molecular complexity index is 742. The summed E-state index contributed by atoms with van der Waals surface area (Å²) in [6, 6.07) is 0. The standard InChI is InChI=1S/C34H58O4/c1-19-13-25(33(35)37-7)9-11-27(19)29-15-23(5)31(17-21(29)3)32-18-22(4)30(16-24(32)6)28-12-10-26(14-20(28)2)34(36)38-8/h19-32H,9-18H2,1-8H3. The van der Waals surface area contributed by atoms with Crippen molar-refractivity contribution in [3.63, 3.8) is 0 Å². The molecule has 0 aromatic heterocycles. The predicted molar refractivity (Wildman–Crippen MR) is 153 cm³/mol. The van der Waals surface area contributed by atoms with E-state index in [-0.39, 0.29) is 23.8 Å². The lowest BCUT2D eigenvalue weighted by Crippen LogP contribution is -2.45. The molecule has 0 N–H and O–H groups in total. The van der Waals surface area contributed by atoms with Gasteiger partial charge in [-0.05, 0) is 135 Å². The third-order valence-electron chi connectivity index (χ3n) is 12.7. The Labute approximate surface area is 233 Å². The van der Waals surface area contributed by atoms with E-state index in [4.69, 9.17) is 9.47 Å². The van der Waals surface area contributed by atoms with Crippen LogP contribution in [0.5, 0.6) is 0 Å². The quantitative estimate of drug-likeness (QED) is 0.338. The van der Waals surface area contributed by atoms with Crippen LogP contribution in [-0.2, 0) is 19.1 Å². The number of carbonyl (C=O) groups is 2. The average Bonchev–Trinajstić information content (AvgIpc) is 2.90. The monoisotopic (exact) mass is 530 g/mol. The Morgan fingerprint density at radius 3 is 0.947 bits per heavy atom. The molecule has 4 aliphatic carbocycles. The number of hydrogen-bond acceptors (Lipinski definition) is 4. The van der Waals surface area contributed by atoms with Crippen molar-refractivity contribution in [2.45, 2.75) is 106 Å². The van der Waals surface area contributed by atoms with Crippen molar-refractivity contribution in [1.29, 1.82) is 0 Å². The summed E-state index contributed by atoms with van der Waals surface area (Å²) < 4.78 is 10.1. The van der Waals surface area contributed by atoms with Crippen molar-refractivity contribution in [2.24, 2.45) is 82.9 Å². The summed E-state index contributed by atoms with van der Waals surface area (Å²) >= 11 is 0. The van der Waals surface area contributed by atoms with Crippen molar-refractivity contribution in [1.82, 2.24) is 0 Å². The smallest absolute Gasteiger partial charge is 0.308 e. The molecule has 0 radical (unpaired) electrons. The van der Waals surface area contributed by atoms with Gasteiger partial charge in [-0.25, -0.2) is 0 Å². The molecule has 14 unspecified atom stereocenters. The van der Waals surface area contributed by atoms with Crippen molar-refractivity contribution in [3.05, 3.63) is 0 Å². The van der Waals surface area contributed by atoms with E-state index in [1.165, 1.54) is 52.7 Å². The molecular formula is C34H58O4. The second-order valence-corrected chi connectivity index (χ2v) is 14.9. The largest absolute Gasteiger partial charge is 0.469 e. The molecule has 4 rings (SSSR count). The molecule has 0 aromatic rings. The van der Waals surface area contributed by atoms with Crippen LogP contribution in [0.3, 0.4) is 0 Å². The summed E-state index contributed by atoms with van der Waals surface area (Å²) in [5.41, 5.74) is 0. The van der Waals surface area contributed by atoms with Crippen LogP contribution < -0.4 is 0 Å². The SMILES string of the molecule is COC(=O)C1CCC(C2CC(C)C(C3CC(C)C(C4CCC(C(=O)OC)CC4C)CC3C)CC2C)C(C)C1. The first-order valence-electron chi connectivity index (χ1n) is 16.2. The van der Waals surface area contributed by atoms with Crippen LogP contribution in [-0.4, -0.2) is 26.2 Å². The third kappa shape index (κ3) is 6.14. The van der Waals surface area contributed by atoms with E-state index in [0.29, 0.717) is 11.8 Å². The first-order valence-corrected chi connectivity index (χ1v) is 16.2. The van der Waals surface area contributed by atoms with Crippen LogP contribution in [0, 0.1) is 82.9 Å². The van der Waals surface area contributed by atoms with E-state index in [1.54, 1.807) is 0 Å². The van der Waals surface area contributed by atoms with E-state index in [2.05, 4.69) is 41.5 Å². The van der Waals surface area contributed by atoms with E-state index in [0.717, 1.165) is 84.9 Å². The Hall–Kier alpha value is -1.06. The van der Waals surface area contributed by atoms with E-state index in [9.17, 15) is 9.59 Å². The highest BCUT2D eigenvalue weighted by Gasteiger charge is 2.48. The minimum Gasteiger partial charge on any atom is -0.469 e. The molecule has 4 aliphatic rings. The molecule has 4 fully saturated rings. The number of ether oxygens (including phenoxy) is 2. The van der Waals surface area contributed by atoms with Gasteiger partial charge in [0.05, 0.1) is 26.1 Å². The highest BCUT2D eigenvalue weighted by atomic mass is 16.5. The summed E-state index contributed by atoms with van der Waals surface area (Å²) in [4.78, 5) is 24.3. The number of carbonyl (C=O) groups excluding carboxylic acids is 2. The van der Waals surface area contributed by atoms with Gasteiger partial charge in [0.25, 0.3) is 0 Å². The Kier molecular flexibility index (Phi) is 9.94. The van der Waals surface area contributed by atoms with Gasteiger partial charge in [0, 0.05) is 0 Å². The fraction of sp³-hybridized carbons (Fsp3) is 0.941. The molecule has 4 saturated carbocycles. The van der Waals surface area contributed by atoms with Crippen LogP contribution in [0.25, 0.3) is 0 Å². The Morgan fingerprint density at radius 2 is 0.684 bits per heavy atom. The first kappa shape index (κ1) is 29.9. The summed E-state index contributed by atoms with van der Waals surface area (Å²) in [5.74, 6) is 9.51. The van der Waals surface area contributed by atoms with Crippen molar-refractivity contribution in [3.8, 4) is 0 Å². The molecule has 218 valence electrons. The lowest BCUT2D eigenvalue weighted by atomic mass is 9.53. The molecule has 0 bridgehead atoms. The van der Waals surface area contributed by atoms with Crippen molar-refractivity contribution in [2.75, 3.05) is 14.2 Å². The molecule has 0 spiro atoms. The number of esters is 2. The van der Waals surface area contributed by atoms with Gasteiger partial charge in [-0.3, -0.25) is 9.59 Å². The molecular weight excluding hydrogens is 472 g/mol. The first-order chi connectivity index (χ1) is 18.0. The minimum atomic E-state index is 0.00466. The van der Waals surface area contributed by atoms with Crippen molar-refractivity contribution < 1.29 is 19.1 Å². The van der Waals surface area contributed by atoms with Gasteiger partial charge in [-0.15, -0.1) is 0 Å². The predicted octanol–water partition coefficient (Wildman–Crippen LogP) is 8.03. The summed E-state index contributed by atoms with van der Waals surface area (Å²) in [6.45, 7) is 15.0. The van der Waals surface area contributed by atoms with Crippen LogP contribution in [0.2, 0.25) is 0 Å². The highest BCUT2D eigenvalue weighted by molar-refractivity contribution is 5.72. The number of hydrogen-bond donors (Lipinski definition) is 0. The number of methoxy groups -OCH3 is 2. The minimum absolute atomic E-state index is 0.00466. The Morgan fingerprint density at radius 1 is 0.421 bits per heavy atom. The third-order valence-corrected chi connectivity index (χ3v) is 12.7. The van der Waals surface area contributed by atoms with Gasteiger partial charge in [-0.1, -0.05) is 41.5 Å². The summed E-state index contributed by atoms with van der Waals surface area (Å²) in [7, 11) is 3.07. The van der Waals surface area contributed by atoms with Gasteiger partial charge in [0.2, 0.25) is 0 Å². The molecule has 0 saturated heterocycles. The molecule has 38 heavy (non-hydrogen) atoms. The van der Waals surface area contributed by atoms with E-state index < -0.39 is 0 Å². The Balaban J connectivity index is 1.35. The maximum atomic E-state index is 12.1. The molecule has 0 amide bonds. The van der Waals surface area contributed by atoms with Gasteiger partial charge < -0.3 is 9.47 Å². The van der Waals surface area contributed by atoms with Crippen LogP contribution in [0.1, 0.15) is 106 Å². The number of rotatable bonds is 5. The lowest BCUT2D eigenvalue weighted by molar-refractivity contribution is -0.149.